The summed E-state index contributed by atoms with van der Waals surface area (Å²) in [4.78, 5) is 12.3. The number of anilines is 1. The highest BCUT2D eigenvalue weighted by Crippen LogP contribution is 2.25. The molecule has 1 aliphatic rings. The number of para-hydroxylation sites is 1. The lowest BCUT2D eigenvalue weighted by Gasteiger charge is -2.30. The summed E-state index contributed by atoms with van der Waals surface area (Å²) in [6.07, 6.45) is 0. The number of carbonyl (C=O) groups is 1. The van der Waals surface area contributed by atoms with Gasteiger partial charge in [-0.05, 0) is 31.3 Å². The van der Waals surface area contributed by atoms with Gasteiger partial charge in [-0.25, -0.2) is 9.80 Å². The molecule has 20 heavy (non-hydrogen) atoms. The number of hydrogen-bond donors (Lipinski definition) is 2. The van der Waals surface area contributed by atoms with Crippen LogP contribution < -0.4 is 15.8 Å². The monoisotopic (exact) mass is 293 g/mol. The van der Waals surface area contributed by atoms with Crippen molar-refractivity contribution in [2.24, 2.45) is 5.92 Å². The second kappa shape index (κ2) is 5.76. The lowest BCUT2D eigenvalue weighted by molar-refractivity contribution is -0.153. The molecule has 1 unspecified atom stereocenters. The van der Waals surface area contributed by atoms with Gasteiger partial charge >= 0.3 is 5.97 Å². The Balaban J connectivity index is 2.30. The quantitative estimate of drug-likeness (QED) is 0.652. The van der Waals surface area contributed by atoms with Crippen LogP contribution in [0.4, 0.5) is 5.69 Å². The Morgan fingerprint density at radius 3 is 2.60 bits per heavy atom. The summed E-state index contributed by atoms with van der Waals surface area (Å²) in [7, 11) is 0. The van der Waals surface area contributed by atoms with Gasteiger partial charge in [-0.2, -0.15) is 5.43 Å². The molecule has 0 bridgehead atoms. The molecule has 108 valence electrons. The highest BCUT2D eigenvalue weighted by atomic mass is 32.1. The van der Waals surface area contributed by atoms with Crippen molar-refractivity contribution in [2.75, 3.05) is 11.6 Å². The number of rotatable bonds is 4. The van der Waals surface area contributed by atoms with Crippen LogP contribution in [0.1, 0.15) is 20.8 Å². The molecule has 0 aromatic heterocycles. The van der Waals surface area contributed by atoms with Crippen LogP contribution in [-0.2, 0) is 9.53 Å². The van der Waals surface area contributed by atoms with Crippen LogP contribution in [-0.4, -0.2) is 23.4 Å². The van der Waals surface area contributed by atoms with Crippen molar-refractivity contribution in [3.8, 4) is 0 Å². The predicted octanol–water partition coefficient (Wildman–Crippen LogP) is 1.80. The number of benzene rings is 1. The lowest BCUT2D eigenvalue weighted by atomic mass is 9.97. The number of nitrogens with zero attached hydrogens (tertiary/aromatic N) is 1. The van der Waals surface area contributed by atoms with E-state index in [0.717, 1.165) is 5.69 Å². The topological polar surface area (TPSA) is 53.6 Å². The van der Waals surface area contributed by atoms with E-state index >= 15 is 0 Å². The summed E-state index contributed by atoms with van der Waals surface area (Å²) in [5, 5.41) is 5.23. The first-order valence-corrected chi connectivity index (χ1v) is 7.04. The zero-order valence-corrected chi connectivity index (χ0v) is 12.7. The molecule has 1 fully saturated rings. The van der Waals surface area contributed by atoms with Gasteiger partial charge in [0.2, 0.25) is 5.66 Å². The molecule has 2 rings (SSSR count). The summed E-state index contributed by atoms with van der Waals surface area (Å²) >= 11 is 5.34. The van der Waals surface area contributed by atoms with Crippen molar-refractivity contribution in [1.29, 1.82) is 0 Å². The fourth-order valence-electron chi connectivity index (χ4n) is 2.09. The Morgan fingerprint density at radius 1 is 1.40 bits per heavy atom. The molecule has 5 nitrogen and oxygen atoms in total. The number of thiocarbonyl (C=S) groups is 1. The van der Waals surface area contributed by atoms with Crippen molar-refractivity contribution < 1.29 is 9.53 Å². The standard InChI is InChI=1S/C14H19N3O2S/c1-4-19-12(18)14(10(2)3)15-13(20)17(16-14)11-8-6-5-7-9-11/h5-10,16H,4H2,1-3H3,(H,15,20). The van der Waals surface area contributed by atoms with Crippen molar-refractivity contribution in [3.05, 3.63) is 30.3 Å². The minimum atomic E-state index is -1.02. The molecule has 1 aromatic rings. The third-order valence-electron chi connectivity index (χ3n) is 3.27. The van der Waals surface area contributed by atoms with Crippen LogP contribution in [0.3, 0.4) is 0 Å². The van der Waals surface area contributed by atoms with Crippen LogP contribution in [0.5, 0.6) is 0 Å². The van der Waals surface area contributed by atoms with Gasteiger partial charge < -0.3 is 10.1 Å². The third-order valence-corrected chi connectivity index (χ3v) is 3.56. The molecule has 1 atom stereocenters. The summed E-state index contributed by atoms with van der Waals surface area (Å²) < 4.78 is 5.17. The molecule has 1 saturated heterocycles. The van der Waals surface area contributed by atoms with Crippen molar-refractivity contribution >= 4 is 29.0 Å². The fourth-order valence-corrected chi connectivity index (χ4v) is 2.40. The Morgan fingerprint density at radius 2 is 2.05 bits per heavy atom. The van der Waals surface area contributed by atoms with Gasteiger partial charge in [-0.15, -0.1) is 0 Å². The van der Waals surface area contributed by atoms with Crippen LogP contribution in [0, 0.1) is 5.92 Å². The van der Waals surface area contributed by atoms with Gasteiger partial charge in [0.1, 0.15) is 0 Å². The SMILES string of the molecule is CCOC(=O)C1(C(C)C)NC(=S)N(c2ccccc2)N1. The van der Waals surface area contributed by atoms with E-state index in [4.69, 9.17) is 17.0 Å². The first-order valence-electron chi connectivity index (χ1n) is 6.63. The summed E-state index contributed by atoms with van der Waals surface area (Å²) in [5.74, 6) is -0.385. The second-order valence-electron chi connectivity index (χ2n) is 4.90. The highest BCUT2D eigenvalue weighted by molar-refractivity contribution is 7.80. The molecular formula is C14H19N3O2S. The maximum atomic E-state index is 12.3. The molecule has 0 radical (unpaired) electrons. The molecule has 0 spiro atoms. The average molecular weight is 293 g/mol. The van der Waals surface area contributed by atoms with E-state index < -0.39 is 5.66 Å². The van der Waals surface area contributed by atoms with E-state index in [2.05, 4.69) is 10.7 Å². The van der Waals surface area contributed by atoms with Gasteiger partial charge in [0.25, 0.3) is 0 Å². The Kier molecular flexibility index (Phi) is 4.25. The van der Waals surface area contributed by atoms with Crippen LogP contribution in [0.2, 0.25) is 0 Å². The average Bonchev–Trinajstić information content (AvgIpc) is 2.79. The molecule has 0 saturated carbocycles. The van der Waals surface area contributed by atoms with E-state index in [-0.39, 0.29) is 11.9 Å². The van der Waals surface area contributed by atoms with E-state index in [1.54, 1.807) is 11.9 Å². The molecule has 1 aliphatic heterocycles. The van der Waals surface area contributed by atoms with Gasteiger partial charge in [0.05, 0.1) is 12.3 Å². The molecule has 1 heterocycles. The van der Waals surface area contributed by atoms with Gasteiger partial charge in [0.15, 0.2) is 5.11 Å². The van der Waals surface area contributed by atoms with Crippen molar-refractivity contribution in [2.45, 2.75) is 26.4 Å². The second-order valence-corrected chi connectivity index (χ2v) is 5.28. The zero-order chi connectivity index (χ0) is 14.8. The lowest BCUT2D eigenvalue weighted by Crippen LogP contribution is -2.62. The van der Waals surface area contributed by atoms with E-state index in [1.807, 2.05) is 44.2 Å². The van der Waals surface area contributed by atoms with Gasteiger partial charge in [-0.3, -0.25) is 0 Å². The van der Waals surface area contributed by atoms with E-state index in [9.17, 15) is 4.79 Å². The molecule has 0 aliphatic carbocycles. The number of carbonyl (C=O) groups excluding carboxylic acids is 1. The van der Waals surface area contributed by atoms with Gasteiger partial charge in [0, 0.05) is 5.92 Å². The molecule has 0 amide bonds. The Bertz CT molecular complexity index is 506. The van der Waals surface area contributed by atoms with E-state index in [0.29, 0.717) is 11.7 Å². The maximum Gasteiger partial charge on any atom is 0.349 e. The summed E-state index contributed by atoms with van der Waals surface area (Å²) in [6, 6.07) is 9.60. The molecular weight excluding hydrogens is 274 g/mol. The van der Waals surface area contributed by atoms with Crippen LogP contribution in [0.15, 0.2) is 30.3 Å². The first-order chi connectivity index (χ1) is 9.51. The number of hydrazine groups is 1. The molecule has 6 heteroatoms. The Hall–Kier alpha value is -1.66. The molecule has 2 N–H and O–H groups in total. The number of nitrogens with one attached hydrogen (secondary N) is 2. The van der Waals surface area contributed by atoms with Crippen molar-refractivity contribution in [3.63, 3.8) is 0 Å². The third kappa shape index (κ3) is 2.48. The largest absolute Gasteiger partial charge is 0.463 e. The smallest absolute Gasteiger partial charge is 0.349 e. The first kappa shape index (κ1) is 14.7. The predicted molar refractivity (Wildman–Crippen MR) is 82.0 cm³/mol. The van der Waals surface area contributed by atoms with Crippen molar-refractivity contribution in [1.82, 2.24) is 10.7 Å². The maximum absolute atomic E-state index is 12.3. The number of ether oxygens (including phenoxy) is 1. The normalized spacial score (nSPS) is 22.0. The summed E-state index contributed by atoms with van der Waals surface area (Å²) in [6.45, 7) is 5.99. The number of hydrogen-bond acceptors (Lipinski definition) is 4. The molecule has 1 aromatic carbocycles. The van der Waals surface area contributed by atoms with Crippen LogP contribution >= 0.6 is 12.2 Å². The summed E-state index contributed by atoms with van der Waals surface area (Å²) in [5.41, 5.74) is 3.01. The minimum Gasteiger partial charge on any atom is -0.463 e. The number of esters is 1. The van der Waals surface area contributed by atoms with Crippen LogP contribution in [0.25, 0.3) is 0 Å². The highest BCUT2D eigenvalue weighted by Gasteiger charge is 2.50. The zero-order valence-electron chi connectivity index (χ0n) is 11.8. The van der Waals surface area contributed by atoms with E-state index in [1.165, 1.54) is 0 Å². The minimum absolute atomic E-state index is 0.0341. The Labute approximate surface area is 124 Å². The fraction of sp³-hybridized carbons (Fsp3) is 0.429. The van der Waals surface area contributed by atoms with Gasteiger partial charge in [-0.1, -0.05) is 32.0 Å².